The number of pyridine rings is 1. The molecule has 0 amide bonds. The van der Waals surface area contributed by atoms with E-state index in [9.17, 15) is 22.0 Å². The number of rotatable bonds is 4. The number of nitrogens with zero attached hydrogens (tertiary/aromatic N) is 3. The van der Waals surface area contributed by atoms with E-state index in [1.807, 2.05) is 0 Å². The third-order valence-electron chi connectivity index (χ3n) is 2.42. The summed E-state index contributed by atoms with van der Waals surface area (Å²) in [4.78, 5) is 11.3. The highest BCUT2D eigenvalue weighted by Gasteiger charge is 2.58. The van der Waals surface area contributed by atoms with E-state index in [2.05, 4.69) is 19.7 Å². The zero-order valence-electron chi connectivity index (χ0n) is 10.3. The Morgan fingerprint density at radius 3 is 2.14 bits per heavy atom. The molecule has 0 saturated carbocycles. The van der Waals surface area contributed by atoms with Crippen LogP contribution in [-0.4, -0.2) is 33.7 Å². The minimum Gasteiger partial charge on any atom is -0.470 e. The largest absolute Gasteiger partial charge is 0.470 e. The van der Waals surface area contributed by atoms with Gasteiger partial charge in [0.2, 0.25) is 5.88 Å². The fourth-order valence-electron chi connectivity index (χ4n) is 1.31. The maximum Gasteiger partial charge on any atom is 0.456 e. The summed E-state index contributed by atoms with van der Waals surface area (Å²) >= 11 is 0. The van der Waals surface area contributed by atoms with Crippen molar-refractivity contribution in [2.24, 2.45) is 0 Å². The summed E-state index contributed by atoms with van der Waals surface area (Å²) in [6, 6.07) is 3.28. The molecule has 0 aromatic carbocycles. The van der Waals surface area contributed by atoms with Gasteiger partial charge in [-0.25, -0.2) is 9.97 Å². The third kappa shape index (κ3) is 3.61. The molecule has 0 atom stereocenters. The second-order valence-electron chi connectivity index (χ2n) is 3.97. The Labute approximate surface area is 115 Å². The van der Waals surface area contributed by atoms with Crippen LogP contribution in [0.3, 0.4) is 0 Å². The molecule has 0 saturated heterocycles. The predicted octanol–water partition coefficient (Wildman–Crippen LogP) is 3.12. The van der Waals surface area contributed by atoms with E-state index in [1.165, 1.54) is 18.6 Å². The summed E-state index contributed by atoms with van der Waals surface area (Å²) in [5, 5.41) is 0. The van der Waals surface area contributed by atoms with E-state index < -0.39 is 24.6 Å². The Balaban J connectivity index is 2.04. The molecule has 2 aromatic heterocycles. The topological polar surface area (TPSA) is 47.9 Å². The molecule has 0 bridgehead atoms. The van der Waals surface area contributed by atoms with Crippen LogP contribution in [0.5, 0.6) is 5.88 Å². The van der Waals surface area contributed by atoms with Gasteiger partial charge < -0.3 is 4.74 Å². The second kappa shape index (κ2) is 5.58. The van der Waals surface area contributed by atoms with Crippen LogP contribution in [0.1, 0.15) is 0 Å². The Hall–Kier alpha value is -2.32. The van der Waals surface area contributed by atoms with E-state index in [1.54, 1.807) is 12.1 Å². The van der Waals surface area contributed by atoms with Crippen LogP contribution in [0.2, 0.25) is 0 Å². The first kappa shape index (κ1) is 15.1. The van der Waals surface area contributed by atoms with Crippen molar-refractivity contribution in [3.05, 3.63) is 36.9 Å². The molecule has 0 fully saturated rings. The van der Waals surface area contributed by atoms with Crippen LogP contribution in [-0.2, 0) is 0 Å². The average Bonchev–Trinajstić information content (AvgIpc) is 2.45. The number of aromatic nitrogens is 3. The lowest BCUT2D eigenvalue weighted by Crippen LogP contribution is -2.41. The van der Waals surface area contributed by atoms with Crippen LogP contribution in [0.25, 0.3) is 11.3 Å². The van der Waals surface area contributed by atoms with E-state index in [0.29, 0.717) is 11.3 Å². The molecular formula is C12H8F5N3O. The van der Waals surface area contributed by atoms with Gasteiger partial charge in [0.25, 0.3) is 0 Å². The highest BCUT2D eigenvalue weighted by molar-refractivity contribution is 5.56. The van der Waals surface area contributed by atoms with Gasteiger partial charge in [-0.2, -0.15) is 22.0 Å². The minimum atomic E-state index is -5.67. The molecular weight excluding hydrogens is 297 g/mol. The Morgan fingerprint density at radius 2 is 1.62 bits per heavy atom. The van der Waals surface area contributed by atoms with E-state index in [0.717, 1.165) is 6.20 Å². The number of hydrogen-bond acceptors (Lipinski definition) is 4. The van der Waals surface area contributed by atoms with Crippen LogP contribution in [0.15, 0.2) is 36.9 Å². The van der Waals surface area contributed by atoms with Crippen molar-refractivity contribution in [1.29, 1.82) is 0 Å². The maximum absolute atomic E-state index is 12.7. The number of halogens is 5. The number of hydrogen-bond donors (Lipinski definition) is 0. The highest BCUT2D eigenvalue weighted by atomic mass is 19.4. The molecule has 9 heteroatoms. The number of ether oxygens (including phenoxy) is 1. The lowest BCUT2D eigenvalue weighted by Gasteiger charge is -2.19. The lowest BCUT2D eigenvalue weighted by molar-refractivity contribution is -0.290. The van der Waals surface area contributed by atoms with Gasteiger partial charge in [-0.1, -0.05) is 0 Å². The Kier molecular flexibility index (Phi) is 4.01. The van der Waals surface area contributed by atoms with Gasteiger partial charge in [0.15, 0.2) is 6.61 Å². The maximum atomic E-state index is 12.7. The summed E-state index contributed by atoms with van der Waals surface area (Å²) in [7, 11) is 0. The first-order valence-corrected chi connectivity index (χ1v) is 5.59. The van der Waals surface area contributed by atoms with Crippen LogP contribution in [0, 0.1) is 0 Å². The Bertz CT molecular complexity index is 586. The van der Waals surface area contributed by atoms with Crippen molar-refractivity contribution >= 4 is 0 Å². The monoisotopic (exact) mass is 305 g/mol. The first-order chi connectivity index (χ1) is 9.79. The fraction of sp³-hybridized carbons (Fsp3) is 0.250. The standard InChI is InChI=1S/C12H8F5N3O/c13-11(14,12(15,16)17)7-21-10-6-19-9(5-20-10)8-1-3-18-4-2-8/h1-6H,7H2. The highest BCUT2D eigenvalue weighted by Crippen LogP contribution is 2.35. The van der Waals surface area contributed by atoms with Crippen molar-refractivity contribution < 1.29 is 26.7 Å². The molecule has 21 heavy (non-hydrogen) atoms. The molecule has 0 aliphatic carbocycles. The SMILES string of the molecule is FC(F)(F)C(F)(F)COc1cnc(-c2ccncc2)cn1. The Morgan fingerprint density at radius 1 is 0.952 bits per heavy atom. The second-order valence-corrected chi connectivity index (χ2v) is 3.97. The molecule has 0 radical (unpaired) electrons. The molecule has 0 aliphatic rings. The van der Waals surface area contributed by atoms with Crippen molar-refractivity contribution in [2.75, 3.05) is 6.61 Å². The molecule has 4 nitrogen and oxygen atoms in total. The van der Waals surface area contributed by atoms with Crippen molar-refractivity contribution in [3.8, 4) is 17.1 Å². The average molecular weight is 305 g/mol. The first-order valence-electron chi connectivity index (χ1n) is 5.59. The molecule has 2 aromatic rings. The quantitative estimate of drug-likeness (QED) is 0.814. The van der Waals surface area contributed by atoms with Crippen molar-refractivity contribution in [2.45, 2.75) is 12.1 Å². The van der Waals surface area contributed by atoms with Gasteiger partial charge in [-0.15, -0.1) is 0 Å². The van der Waals surface area contributed by atoms with Crippen molar-refractivity contribution in [1.82, 2.24) is 15.0 Å². The summed E-state index contributed by atoms with van der Waals surface area (Å²) in [6.45, 7) is -1.85. The van der Waals surface area contributed by atoms with Crippen LogP contribution in [0.4, 0.5) is 22.0 Å². The summed E-state index contributed by atoms with van der Waals surface area (Å²) in [5.41, 5.74) is 1.08. The predicted molar refractivity (Wildman–Crippen MR) is 61.8 cm³/mol. The fourth-order valence-corrected chi connectivity index (χ4v) is 1.31. The zero-order chi connectivity index (χ0) is 15.5. The number of alkyl halides is 5. The zero-order valence-corrected chi connectivity index (χ0v) is 10.3. The summed E-state index contributed by atoms with van der Waals surface area (Å²) in [5.74, 6) is -5.37. The molecule has 2 heterocycles. The van der Waals surface area contributed by atoms with Gasteiger partial charge in [0.1, 0.15) is 0 Å². The van der Waals surface area contributed by atoms with Gasteiger partial charge in [-0.05, 0) is 12.1 Å². The minimum absolute atomic E-state index is 0.410. The van der Waals surface area contributed by atoms with Gasteiger partial charge in [0.05, 0.1) is 18.1 Å². The van der Waals surface area contributed by atoms with Crippen LogP contribution < -0.4 is 4.74 Å². The van der Waals surface area contributed by atoms with Gasteiger partial charge in [0, 0.05) is 18.0 Å². The summed E-state index contributed by atoms with van der Waals surface area (Å²) < 4.78 is 65.5. The van der Waals surface area contributed by atoms with E-state index >= 15 is 0 Å². The lowest BCUT2D eigenvalue weighted by atomic mass is 10.2. The summed E-state index contributed by atoms with van der Waals surface area (Å²) in [6.07, 6.45) is -0.452. The normalized spacial score (nSPS) is 12.2. The molecule has 0 aliphatic heterocycles. The van der Waals surface area contributed by atoms with Crippen LogP contribution >= 0.6 is 0 Å². The third-order valence-corrected chi connectivity index (χ3v) is 2.42. The van der Waals surface area contributed by atoms with Gasteiger partial charge >= 0.3 is 12.1 Å². The van der Waals surface area contributed by atoms with Crippen molar-refractivity contribution in [3.63, 3.8) is 0 Å². The molecule has 0 N–H and O–H groups in total. The van der Waals surface area contributed by atoms with E-state index in [-0.39, 0.29) is 0 Å². The smallest absolute Gasteiger partial charge is 0.456 e. The molecule has 0 spiro atoms. The van der Waals surface area contributed by atoms with E-state index in [4.69, 9.17) is 0 Å². The molecule has 0 unspecified atom stereocenters. The van der Waals surface area contributed by atoms with Gasteiger partial charge in [-0.3, -0.25) is 4.98 Å². The molecule has 2 rings (SSSR count). The molecule has 112 valence electrons.